The lowest BCUT2D eigenvalue weighted by molar-refractivity contribution is 0.0689. The Hall–Kier alpha value is -1.75. The first-order valence-corrected chi connectivity index (χ1v) is 6.53. The van der Waals surface area contributed by atoms with Crippen molar-refractivity contribution in [1.29, 1.82) is 0 Å². The molecule has 0 saturated heterocycles. The molecule has 1 amide bonds. The van der Waals surface area contributed by atoms with E-state index in [0.717, 1.165) is 25.7 Å². The molecule has 0 unspecified atom stereocenters. The van der Waals surface area contributed by atoms with E-state index in [-0.39, 0.29) is 29.5 Å². The molecule has 0 aromatic heterocycles. The molecule has 0 radical (unpaired) electrons. The molecule has 0 spiro atoms. The van der Waals surface area contributed by atoms with Crippen LogP contribution in [0.5, 0.6) is 11.5 Å². The van der Waals surface area contributed by atoms with Crippen LogP contribution in [0.2, 0.25) is 0 Å². The Morgan fingerprint density at radius 3 is 2.42 bits per heavy atom. The van der Waals surface area contributed by atoms with Crippen LogP contribution in [-0.2, 0) is 0 Å². The number of phenols is 2. The molecule has 5 nitrogen and oxygen atoms in total. The molecule has 0 atom stereocenters. The minimum Gasteiger partial charge on any atom is -0.504 e. The lowest BCUT2D eigenvalue weighted by Gasteiger charge is -2.33. The third-order valence-corrected chi connectivity index (χ3v) is 3.83. The number of hydrogen-bond acceptors (Lipinski definition) is 4. The SMILES string of the molecule is CN(C(=O)c1ccc(O)c(O)c1)C1CCC(N)CC1. The van der Waals surface area contributed by atoms with Gasteiger partial charge >= 0.3 is 0 Å². The number of hydrogen-bond donors (Lipinski definition) is 3. The quantitative estimate of drug-likeness (QED) is 0.705. The lowest BCUT2D eigenvalue weighted by atomic mass is 9.90. The average Bonchev–Trinajstić information content (AvgIpc) is 2.41. The van der Waals surface area contributed by atoms with Crippen LogP contribution in [-0.4, -0.2) is 40.2 Å². The number of nitrogens with zero attached hydrogens (tertiary/aromatic N) is 1. The smallest absolute Gasteiger partial charge is 0.253 e. The number of aromatic hydroxyl groups is 2. The molecular weight excluding hydrogens is 244 g/mol. The Bertz CT molecular complexity index is 468. The maximum absolute atomic E-state index is 12.3. The standard InChI is InChI=1S/C14H20N2O3/c1-16(11-5-3-10(15)4-6-11)14(19)9-2-7-12(17)13(18)8-9/h2,7-8,10-11,17-18H,3-6,15H2,1H3. The van der Waals surface area contributed by atoms with Gasteiger partial charge in [-0.25, -0.2) is 0 Å². The lowest BCUT2D eigenvalue weighted by Crippen LogP contribution is -2.41. The molecular formula is C14H20N2O3. The summed E-state index contributed by atoms with van der Waals surface area (Å²) in [7, 11) is 1.77. The summed E-state index contributed by atoms with van der Waals surface area (Å²) in [5.74, 6) is -0.636. The van der Waals surface area contributed by atoms with Gasteiger partial charge in [-0.3, -0.25) is 4.79 Å². The third-order valence-electron chi connectivity index (χ3n) is 3.83. The highest BCUT2D eigenvalue weighted by molar-refractivity contribution is 5.94. The van der Waals surface area contributed by atoms with Crippen molar-refractivity contribution in [3.8, 4) is 11.5 Å². The van der Waals surface area contributed by atoms with Crippen molar-refractivity contribution < 1.29 is 15.0 Å². The zero-order valence-corrected chi connectivity index (χ0v) is 11.0. The Labute approximate surface area is 112 Å². The number of carbonyl (C=O) groups excluding carboxylic acids is 1. The number of carbonyl (C=O) groups is 1. The van der Waals surface area contributed by atoms with E-state index in [0.29, 0.717) is 5.56 Å². The van der Waals surface area contributed by atoms with Gasteiger partial charge in [0.1, 0.15) is 0 Å². The van der Waals surface area contributed by atoms with Crippen molar-refractivity contribution in [2.45, 2.75) is 37.8 Å². The number of amides is 1. The summed E-state index contributed by atoms with van der Waals surface area (Å²) in [5.41, 5.74) is 6.24. The molecule has 104 valence electrons. The van der Waals surface area contributed by atoms with E-state index in [2.05, 4.69) is 0 Å². The summed E-state index contributed by atoms with van der Waals surface area (Å²) in [6, 6.07) is 4.58. The van der Waals surface area contributed by atoms with Crippen LogP contribution in [0, 0.1) is 0 Å². The number of benzene rings is 1. The fourth-order valence-electron chi connectivity index (χ4n) is 2.51. The summed E-state index contributed by atoms with van der Waals surface area (Å²) in [5, 5.41) is 18.7. The van der Waals surface area contributed by atoms with Crippen molar-refractivity contribution in [1.82, 2.24) is 4.90 Å². The van der Waals surface area contributed by atoms with E-state index in [9.17, 15) is 15.0 Å². The second-order valence-electron chi connectivity index (χ2n) is 5.19. The van der Waals surface area contributed by atoms with Gasteiger partial charge in [0.05, 0.1) is 0 Å². The van der Waals surface area contributed by atoms with E-state index < -0.39 is 0 Å². The second-order valence-corrected chi connectivity index (χ2v) is 5.19. The van der Waals surface area contributed by atoms with Gasteiger partial charge in [0, 0.05) is 24.7 Å². The molecule has 1 fully saturated rings. The van der Waals surface area contributed by atoms with Crippen LogP contribution in [0.4, 0.5) is 0 Å². The number of rotatable bonds is 2. The molecule has 0 heterocycles. The molecule has 19 heavy (non-hydrogen) atoms. The Morgan fingerprint density at radius 2 is 1.84 bits per heavy atom. The van der Waals surface area contributed by atoms with Gasteiger partial charge in [-0.2, -0.15) is 0 Å². The van der Waals surface area contributed by atoms with Crippen LogP contribution in [0.25, 0.3) is 0 Å². The minimum absolute atomic E-state index is 0.143. The van der Waals surface area contributed by atoms with Gasteiger partial charge in [0.25, 0.3) is 5.91 Å². The van der Waals surface area contributed by atoms with Gasteiger partial charge < -0.3 is 20.8 Å². The summed E-state index contributed by atoms with van der Waals surface area (Å²) in [6.07, 6.45) is 3.69. The van der Waals surface area contributed by atoms with Crippen LogP contribution in [0.1, 0.15) is 36.0 Å². The minimum atomic E-state index is -0.273. The van der Waals surface area contributed by atoms with E-state index in [4.69, 9.17) is 5.73 Å². The molecule has 1 aliphatic rings. The molecule has 0 bridgehead atoms. The molecule has 1 aliphatic carbocycles. The van der Waals surface area contributed by atoms with Crippen LogP contribution in [0.15, 0.2) is 18.2 Å². The maximum Gasteiger partial charge on any atom is 0.253 e. The van der Waals surface area contributed by atoms with Crippen molar-refractivity contribution in [2.24, 2.45) is 5.73 Å². The van der Waals surface area contributed by atoms with Crippen LogP contribution >= 0.6 is 0 Å². The zero-order valence-electron chi connectivity index (χ0n) is 11.0. The molecule has 4 N–H and O–H groups in total. The van der Waals surface area contributed by atoms with Crippen LogP contribution in [0.3, 0.4) is 0 Å². The zero-order chi connectivity index (χ0) is 14.0. The summed E-state index contributed by atoms with van der Waals surface area (Å²) in [6.45, 7) is 0. The van der Waals surface area contributed by atoms with Gasteiger partial charge in [0.2, 0.25) is 0 Å². The fourth-order valence-corrected chi connectivity index (χ4v) is 2.51. The van der Waals surface area contributed by atoms with Crippen LogP contribution < -0.4 is 5.73 Å². The molecule has 1 aromatic rings. The summed E-state index contributed by atoms with van der Waals surface area (Å²) >= 11 is 0. The van der Waals surface area contributed by atoms with Gasteiger partial charge in [-0.15, -0.1) is 0 Å². The van der Waals surface area contributed by atoms with Crippen molar-refractivity contribution in [3.05, 3.63) is 23.8 Å². The molecule has 1 aromatic carbocycles. The number of phenolic OH excluding ortho intramolecular Hbond substituents is 2. The van der Waals surface area contributed by atoms with E-state index in [1.807, 2.05) is 0 Å². The first kappa shape index (κ1) is 13.7. The van der Waals surface area contributed by atoms with E-state index in [1.54, 1.807) is 11.9 Å². The van der Waals surface area contributed by atoms with Crippen molar-refractivity contribution in [3.63, 3.8) is 0 Å². The monoisotopic (exact) mass is 264 g/mol. The fraction of sp³-hybridized carbons (Fsp3) is 0.500. The highest BCUT2D eigenvalue weighted by Gasteiger charge is 2.25. The first-order valence-electron chi connectivity index (χ1n) is 6.53. The Morgan fingerprint density at radius 1 is 1.21 bits per heavy atom. The topological polar surface area (TPSA) is 86.8 Å². The van der Waals surface area contributed by atoms with E-state index >= 15 is 0 Å². The summed E-state index contributed by atoms with van der Waals surface area (Å²) in [4.78, 5) is 14.0. The van der Waals surface area contributed by atoms with Gasteiger partial charge in [0.15, 0.2) is 11.5 Å². The Kier molecular flexibility index (Phi) is 3.95. The largest absolute Gasteiger partial charge is 0.504 e. The van der Waals surface area contributed by atoms with Gasteiger partial charge in [-0.1, -0.05) is 0 Å². The van der Waals surface area contributed by atoms with Crippen molar-refractivity contribution in [2.75, 3.05) is 7.05 Å². The summed E-state index contributed by atoms with van der Waals surface area (Å²) < 4.78 is 0. The number of nitrogens with two attached hydrogens (primary N) is 1. The first-order chi connectivity index (χ1) is 8.99. The highest BCUT2D eigenvalue weighted by Crippen LogP contribution is 2.27. The second kappa shape index (κ2) is 5.48. The highest BCUT2D eigenvalue weighted by atomic mass is 16.3. The van der Waals surface area contributed by atoms with Crippen molar-refractivity contribution >= 4 is 5.91 Å². The van der Waals surface area contributed by atoms with Gasteiger partial charge in [-0.05, 0) is 43.9 Å². The van der Waals surface area contributed by atoms with E-state index in [1.165, 1.54) is 18.2 Å². The normalized spacial score (nSPS) is 23.1. The third kappa shape index (κ3) is 2.98. The maximum atomic E-state index is 12.3. The Balaban J connectivity index is 2.08. The predicted molar refractivity (Wildman–Crippen MR) is 72.1 cm³/mol. The molecule has 2 rings (SSSR count). The molecule has 1 saturated carbocycles. The molecule has 0 aliphatic heterocycles. The average molecular weight is 264 g/mol. The predicted octanol–water partition coefficient (Wildman–Crippen LogP) is 1.44. The molecule has 5 heteroatoms.